The van der Waals surface area contributed by atoms with E-state index in [0.29, 0.717) is 17.3 Å². The van der Waals surface area contributed by atoms with Crippen molar-refractivity contribution < 1.29 is 9.32 Å². The van der Waals surface area contributed by atoms with Crippen LogP contribution in [-0.2, 0) is 4.79 Å². The van der Waals surface area contributed by atoms with Crippen LogP contribution >= 0.6 is 0 Å². The molecule has 0 aliphatic heterocycles. The van der Waals surface area contributed by atoms with E-state index in [4.69, 9.17) is 10.3 Å². The summed E-state index contributed by atoms with van der Waals surface area (Å²) >= 11 is 0. The number of amides is 1. The highest BCUT2D eigenvalue weighted by atomic mass is 16.5. The van der Waals surface area contributed by atoms with Crippen molar-refractivity contribution in [2.45, 2.75) is 6.92 Å². The van der Waals surface area contributed by atoms with Gasteiger partial charge < -0.3 is 15.6 Å². The molecule has 1 heterocycles. The van der Waals surface area contributed by atoms with Crippen molar-refractivity contribution in [1.29, 1.82) is 0 Å². The van der Waals surface area contributed by atoms with Gasteiger partial charge in [0, 0.05) is 17.8 Å². The molecule has 5 heteroatoms. The summed E-state index contributed by atoms with van der Waals surface area (Å²) in [5, 5.41) is 6.25. The summed E-state index contributed by atoms with van der Waals surface area (Å²) in [7, 11) is 0. The van der Waals surface area contributed by atoms with E-state index >= 15 is 0 Å². The average molecular weight is 243 g/mol. The van der Waals surface area contributed by atoms with Gasteiger partial charge >= 0.3 is 0 Å². The molecule has 1 amide bonds. The molecule has 0 aliphatic rings. The number of nitrogens with two attached hydrogens (primary N) is 1. The van der Waals surface area contributed by atoms with Crippen molar-refractivity contribution in [1.82, 2.24) is 5.16 Å². The highest BCUT2D eigenvalue weighted by Crippen LogP contribution is 2.09. The second-order valence-electron chi connectivity index (χ2n) is 3.82. The van der Waals surface area contributed by atoms with Crippen molar-refractivity contribution in [2.75, 3.05) is 11.1 Å². The first kappa shape index (κ1) is 11.9. The second kappa shape index (κ2) is 5.18. The number of rotatable bonds is 3. The van der Waals surface area contributed by atoms with Gasteiger partial charge in [0.15, 0.2) is 5.82 Å². The van der Waals surface area contributed by atoms with Gasteiger partial charge in [0.1, 0.15) is 5.76 Å². The molecular weight excluding hydrogens is 230 g/mol. The Morgan fingerprint density at radius 1 is 1.44 bits per heavy atom. The molecule has 3 N–H and O–H groups in total. The Kier molecular flexibility index (Phi) is 3.43. The molecule has 18 heavy (non-hydrogen) atoms. The molecule has 0 radical (unpaired) electrons. The first-order valence-corrected chi connectivity index (χ1v) is 5.41. The minimum atomic E-state index is -0.272. The molecule has 0 aliphatic carbocycles. The fraction of sp³-hybridized carbons (Fsp3) is 0.0769. The predicted octanol–water partition coefficient (Wildman–Crippen LogP) is 2.22. The van der Waals surface area contributed by atoms with Gasteiger partial charge in [0.25, 0.3) is 0 Å². The number of nitrogen functional groups attached to an aromatic ring is 1. The summed E-state index contributed by atoms with van der Waals surface area (Å²) in [6, 6.07) is 8.90. The van der Waals surface area contributed by atoms with Gasteiger partial charge in [-0.25, -0.2) is 0 Å². The monoisotopic (exact) mass is 243 g/mol. The van der Waals surface area contributed by atoms with Crippen LogP contribution in [0.4, 0.5) is 11.5 Å². The van der Waals surface area contributed by atoms with Gasteiger partial charge in [-0.1, -0.05) is 17.3 Å². The Bertz CT molecular complexity index is 587. The third-order valence-electron chi connectivity index (χ3n) is 2.22. The average Bonchev–Trinajstić information content (AvgIpc) is 2.72. The van der Waals surface area contributed by atoms with Crippen LogP contribution in [-0.4, -0.2) is 11.1 Å². The summed E-state index contributed by atoms with van der Waals surface area (Å²) in [5.41, 5.74) is 7.15. The van der Waals surface area contributed by atoms with Gasteiger partial charge in [-0.2, -0.15) is 0 Å². The van der Waals surface area contributed by atoms with E-state index in [-0.39, 0.29) is 5.91 Å². The Morgan fingerprint density at radius 2 is 2.28 bits per heavy atom. The summed E-state index contributed by atoms with van der Waals surface area (Å²) in [4.78, 5) is 11.6. The molecule has 0 atom stereocenters. The van der Waals surface area contributed by atoms with Gasteiger partial charge in [-0.3, -0.25) is 4.79 Å². The molecule has 92 valence electrons. The predicted molar refractivity (Wildman–Crippen MR) is 69.8 cm³/mol. The van der Waals surface area contributed by atoms with Crippen LogP contribution in [0.5, 0.6) is 0 Å². The van der Waals surface area contributed by atoms with Crippen LogP contribution in [0.2, 0.25) is 0 Å². The molecule has 2 rings (SSSR count). The van der Waals surface area contributed by atoms with E-state index in [2.05, 4.69) is 10.5 Å². The maximum atomic E-state index is 11.6. The molecule has 0 unspecified atom stereocenters. The van der Waals surface area contributed by atoms with Crippen LogP contribution in [0.3, 0.4) is 0 Å². The van der Waals surface area contributed by atoms with E-state index in [9.17, 15) is 4.79 Å². The van der Waals surface area contributed by atoms with Crippen LogP contribution < -0.4 is 11.1 Å². The van der Waals surface area contributed by atoms with Crippen molar-refractivity contribution in [3.8, 4) is 0 Å². The summed E-state index contributed by atoms with van der Waals surface area (Å²) in [6.45, 7) is 1.76. The molecule has 0 fully saturated rings. The third kappa shape index (κ3) is 3.21. The van der Waals surface area contributed by atoms with Crippen molar-refractivity contribution in [2.24, 2.45) is 0 Å². The summed E-state index contributed by atoms with van der Waals surface area (Å²) in [6.07, 6.45) is 3.09. The zero-order chi connectivity index (χ0) is 13.0. The number of carbonyl (C=O) groups excluding carboxylic acids is 1. The smallest absolute Gasteiger partial charge is 0.249 e. The highest BCUT2D eigenvalue weighted by molar-refractivity contribution is 6.01. The first-order valence-electron chi connectivity index (χ1n) is 5.41. The van der Waals surface area contributed by atoms with Crippen molar-refractivity contribution in [3.05, 3.63) is 47.7 Å². The van der Waals surface area contributed by atoms with Crippen LogP contribution in [0, 0.1) is 6.92 Å². The molecule has 0 bridgehead atoms. The minimum Gasteiger partial charge on any atom is -0.399 e. The van der Waals surface area contributed by atoms with Crippen LogP contribution in [0.15, 0.2) is 40.9 Å². The molecule has 2 aromatic rings. The molecule has 0 saturated heterocycles. The number of aromatic nitrogens is 1. The van der Waals surface area contributed by atoms with E-state index in [1.165, 1.54) is 6.08 Å². The third-order valence-corrected chi connectivity index (χ3v) is 2.22. The Labute approximate surface area is 104 Å². The molecular formula is C13H13N3O2. The normalized spacial score (nSPS) is 10.7. The zero-order valence-electron chi connectivity index (χ0n) is 9.88. The van der Waals surface area contributed by atoms with Gasteiger partial charge in [0.05, 0.1) is 0 Å². The maximum absolute atomic E-state index is 11.6. The number of nitrogens with one attached hydrogen (secondary N) is 1. The Balaban J connectivity index is 1.99. The fourth-order valence-corrected chi connectivity index (χ4v) is 1.43. The number of anilines is 2. The SMILES string of the molecule is Cc1cc(NC(=O)/C=C/c2cccc(N)c2)no1. The van der Waals surface area contributed by atoms with Gasteiger partial charge in [0.2, 0.25) is 5.91 Å². The molecule has 5 nitrogen and oxygen atoms in total. The standard InChI is InChI=1S/C13H13N3O2/c1-9-7-12(16-18-9)15-13(17)6-5-10-3-2-4-11(14)8-10/h2-8H,14H2,1H3,(H,15,16,17)/b6-5+. The Morgan fingerprint density at radius 3 is 2.94 bits per heavy atom. The number of aryl methyl sites for hydroxylation is 1. The van der Waals surface area contributed by atoms with Crippen LogP contribution in [0.1, 0.15) is 11.3 Å². The highest BCUT2D eigenvalue weighted by Gasteiger charge is 2.02. The summed E-state index contributed by atoms with van der Waals surface area (Å²) in [5.74, 6) is 0.769. The molecule has 0 spiro atoms. The van der Waals surface area contributed by atoms with E-state index in [1.54, 1.807) is 31.2 Å². The lowest BCUT2D eigenvalue weighted by molar-refractivity contribution is -0.111. The fourth-order valence-electron chi connectivity index (χ4n) is 1.43. The minimum absolute atomic E-state index is 0.272. The number of benzene rings is 1. The van der Waals surface area contributed by atoms with Gasteiger partial charge in [-0.05, 0) is 30.7 Å². The lowest BCUT2D eigenvalue weighted by Gasteiger charge is -1.96. The first-order chi connectivity index (χ1) is 8.63. The quantitative estimate of drug-likeness (QED) is 0.639. The summed E-state index contributed by atoms with van der Waals surface area (Å²) < 4.78 is 4.84. The van der Waals surface area contributed by atoms with Crippen molar-refractivity contribution >= 4 is 23.5 Å². The maximum Gasteiger partial charge on any atom is 0.249 e. The lowest BCUT2D eigenvalue weighted by Crippen LogP contribution is -2.07. The van der Waals surface area contributed by atoms with E-state index < -0.39 is 0 Å². The van der Waals surface area contributed by atoms with Crippen LogP contribution in [0.25, 0.3) is 6.08 Å². The number of carbonyl (C=O) groups is 1. The number of hydrogen-bond donors (Lipinski definition) is 2. The van der Waals surface area contributed by atoms with Crippen molar-refractivity contribution in [3.63, 3.8) is 0 Å². The molecule has 1 aromatic carbocycles. The number of hydrogen-bond acceptors (Lipinski definition) is 4. The Hall–Kier alpha value is -2.56. The number of nitrogens with zero attached hydrogens (tertiary/aromatic N) is 1. The second-order valence-corrected chi connectivity index (χ2v) is 3.82. The zero-order valence-corrected chi connectivity index (χ0v) is 9.88. The van der Waals surface area contributed by atoms with Gasteiger partial charge in [-0.15, -0.1) is 0 Å². The molecule has 0 saturated carbocycles. The largest absolute Gasteiger partial charge is 0.399 e. The van der Waals surface area contributed by atoms with E-state index in [0.717, 1.165) is 5.56 Å². The van der Waals surface area contributed by atoms with E-state index in [1.807, 2.05) is 12.1 Å². The lowest BCUT2D eigenvalue weighted by atomic mass is 10.2. The molecule has 1 aromatic heterocycles. The topological polar surface area (TPSA) is 81.2 Å².